The quantitative estimate of drug-likeness (QED) is 0.175. The zero-order chi connectivity index (χ0) is 37.8. The van der Waals surface area contributed by atoms with Crippen LogP contribution in [0.4, 0.5) is 17.1 Å². The average Bonchev–Trinajstić information content (AvgIpc) is 3.21. The molecule has 5 aliphatic carbocycles. The Morgan fingerprint density at radius 1 is 0.482 bits per heavy atom. The summed E-state index contributed by atoms with van der Waals surface area (Å²) in [5.41, 5.74) is 14.7. The Hall–Kier alpha value is -5.08. The molecular weight excluding hydrogens is 679 g/mol. The Bertz CT molecular complexity index is 2440. The molecule has 0 radical (unpaired) electrons. The third-order valence-electron chi connectivity index (χ3n) is 15.2. The second-order valence-corrected chi connectivity index (χ2v) is 19.2. The Balaban J connectivity index is 1.05. The van der Waals surface area contributed by atoms with Crippen molar-refractivity contribution < 1.29 is 4.74 Å². The van der Waals surface area contributed by atoms with Crippen LogP contribution in [0.25, 0.3) is 22.3 Å². The van der Waals surface area contributed by atoms with Gasteiger partial charge < -0.3 is 9.64 Å². The van der Waals surface area contributed by atoms with Crippen LogP contribution >= 0.6 is 0 Å². The molecule has 6 aromatic carbocycles. The van der Waals surface area contributed by atoms with Crippen molar-refractivity contribution in [2.75, 3.05) is 4.90 Å². The molecule has 6 aliphatic rings. The summed E-state index contributed by atoms with van der Waals surface area (Å²) in [6.07, 6.45) is 9.23. The molecule has 1 aliphatic heterocycles. The molecule has 56 heavy (non-hydrogen) atoms. The largest absolute Gasteiger partial charge is 0.457 e. The van der Waals surface area contributed by atoms with Gasteiger partial charge in [-0.05, 0) is 150 Å². The van der Waals surface area contributed by atoms with E-state index in [0.29, 0.717) is 11.8 Å². The second-order valence-electron chi connectivity index (χ2n) is 19.2. The van der Waals surface area contributed by atoms with Crippen LogP contribution in [0.2, 0.25) is 0 Å². The number of nitrogens with zero attached hydrogens (tertiary/aromatic N) is 1. The Kier molecular flexibility index (Phi) is 7.61. The molecule has 0 atom stereocenters. The van der Waals surface area contributed by atoms with E-state index in [1.807, 2.05) is 0 Å². The van der Waals surface area contributed by atoms with Gasteiger partial charge in [0, 0.05) is 27.8 Å². The van der Waals surface area contributed by atoms with E-state index in [9.17, 15) is 0 Å². The molecule has 6 aromatic rings. The summed E-state index contributed by atoms with van der Waals surface area (Å²) in [4.78, 5) is 2.55. The van der Waals surface area contributed by atoms with E-state index in [4.69, 9.17) is 4.74 Å². The Morgan fingerprint density at radius 2 is 1.09 bits per heavy atom. The molecular formula is C54H53NO. The van der Waals surface area contributed by atoms with Gasteiger partial charge in [0.1, 0.15) is 11.5 Å². The zero-order valence-electron chi connectivity index (χ0n) is 33.4. The third-order valence-corrected chi connectivity index (χ3v) is 15.2. The van der Waals surface area contributed by atoms with E-state index in [2.05, 4.69) is 172 Å². The van der Waals surface area contributed by atoms with E-state index in [-0.39, 0.29) is 16.2 Å². The third kappa shape index (κ3) is 5.07. The summed E-state index contributed by atoms with van der Waals surface area (Å²) in [6.45, 7) is 9.75. The van der Waals surface area contributed by atoms with E-state index < -0.39 is 0 Å². The maximum Gasteiger partial charge on any atom is 0.131 e. The summed E-state index contributed by atoms with van der Waals surface area (Å²) in [7, 11) is 0. The lowest BCUT2D eigenvalue weighted by atomic mass is 9.41. The molecule has 2 nitrogen and oxygen atoms in total. The van der Waals surface area contributed by atoms with Crippen LogP contribution in [-0.2, 0) is 16.2 Å². The van der Waals surface area contributed by atoms with Crippen LogP contribution in [0, 0.1) is 23.7 Å². The lowest BCUT2D eigenvalue weighted by Crippen LogP contribution is -2.56. The molecule has 4 bridgehead atoms. The van der Waals surface area contributed by atoms with Gasteiger partial charge in [-0.25, -0.2) is 0 Å². The maximum absolute atomic E-state index is 6.77. The number of benzene rings is 6. The first kappa shape index (κ1) is 34.2. The van der Waals surface area contributed by atoms with Gasteiger partial charge in [-0.3, -0.25) is 0 Å². The summed E-state index contributed by atoms with van der Waals surface area (Å²) < 4.78 is 6.77. The van der Waals surface area contributed by atoms with E-state index in [0.717, 1.165) is 29.8 Å². The molecule has 0 unspecified atom stereocenters. The molecule has 280 valence electrons. The van der Waals surface area contributed by atoms with Crippen LogP contribution in [0.1, 0.15) is 94.9 Å². The number of hydrogen-bond acceptors (Lipinski definition) is 2. The number of rotatable bonds is 5. The average molecular weight is 732 g/mol. The first-order chi connectivity index (χ1) is 27.2. The van der Waals surface area contributed by atoms with Crippen LogP contribution in [0.15, 0.2) is 140 Å². The fourth-order valence-corrected chi connectivity index (χ4v) is 12.7. The highest BCUT2D eigenvalue weighted by Crippen LogP contribution is 2.69. The van der Waals surface area contributed by atoms with Gasteiger partial charge in [0.15, 0.2) is 0 Å². The highest BCUT2D eigenvalue weighted by Gasteiger charge is 2.61. The second kappa shape index (κ2) is 12.5. The SMILES string of the molecule is CC1(C)CCC(C)(C)c2c(N(c3ccc(-c4ccc5c(c4)C4(c6ccccc6O5)C5CC6CC(C5)CC4C6)cc3)c3ccccc3-c3ccccc3)cccc21. The highest BCUT2D eigenvalue weighted by atomic mass is 16.5. The lowest BCUT2D eigenvalue weighted by Gasteiger charge is -2.63. The molecule has 0 N–H and O–H groups in total. The molecule has 0 amide bonds. The number of hydrogen-bond donors (Lipinski definition) is 0. The number of ether oxygens (including phenoxy) is 1. The van der Waals surface area contributed by atoms with E-state index in [1.54, 1.807) is 0 Å². The first-order valence-corrected chi connectivity index (χ1v) is 21.3. The number of anilines is 3. The van der Waals surface area contributed by atoms with E-state index in [1.165, 1.54) is 100 Å². The zero-order valence-corrected chi connectivity index (χ0v) is 33.4. The Labute approximate surface area is 333 Å². The molecule has 2 heteroatoms. The molecule has 0 saturated heterocycles. The summed E-state index contributed by atoms with van der Waals surface area (Å²) in [5, 5.41) is 0. The lowest BCUT2D eigenvalue weighted by molar-refractivity contribution is -0.0452. The van der Waals surface area contributed by atoms with Gasteiger partial charge in [0.25, 0.3) is 0 Å². The van der Waals surface area contributed by atoms with Crippen LogP contribution in [0.5, 0.6) is 11.5 Å². The molecule has 4 saturated carbocycles. The first-order valence-electron chi connectivity index (χ1n) is 21.3. The fraction of sp³-hybridized carbons (Fsp3) is 0.333. The number of fused-ring (bicyclic) bond motifs is 3. The standard InChI is InChI=1S/C54H53NO/c1-52(2)27-28-53(3,4)51-45(52)17-12-19-48(51)55(47-18-10-8-15-43(47)38-13-6-5-7-14-38)42-24-21-37(22-25-42)39-23-26-50-46(34-39)54(44-16-9-11-20-49(44)56-50)40-30-35-29-36(32-40)33-41(54)31-35/h5-26,34-36,40-41H,27-33H2,1-4H3. The van der Waals surface area contributed by atoms with Gasteiger partial charge in [-0.1, -0.05) is 125 Å². The van der Waals surface area contributed by atoms with Gasteiger partial charge in [0.2, 0.25) is 0 Å². The molecule has 4 fully saturated rings. The smallest absolute Gasteiger partial charge is 0.131 e. The van der Waals surface area contributed by atoms with Crippen molar-refractivity contribution in [1.82, 2.24) is 0 Å². The normalized spacial score (nSPS) is 25.9. The summed E-state index contributed by atoms with van der Waals surface area (Å²) >= 11 is 0. The maximum atomic E-state index is 6.77. The predicted molar refractivity (Wildman–Crippen MR) is 232 cm³/mol. The minimum atomic E-state index is 0.0402. The fourth-order valence-electron chi connectivity index (χ4n) is 12.7. The van der Waals surface area contributed by atoms with Crippen molar-refractivity contribution in [1.29, 1.82) is 0 Å². The molecule has 0 aromatic heterocycles. The number of para-hydroxylation sites is 2. The highest BCUT2D eigenvalue weighted by molar-refractivity contribution is 5.90. The van der Waals surface area contributed by atoms with Crippen molar-refractivity contribution in [3.05, 3.63) is 162 Å². The Morgan fingerprint density at radius 3 is 1.86 bits per heavy atom. The van der Waals surface area contributed by atoms with E-state index >= 15 is 0 Å². The monoisotopic (exact) mass is 731 g/mol. The van der Waals surface area contributed by atoms with Gasteiger partial charge in [-0.2, -0.15) is 0 Å². The van der Waals surface area contributed by atoms with Crippen molar-refractivity contribution in [3.8, 4) is 33.8 Å². The van der Waals surface area contributed by atoms with Crippen molar-refractivity contribution in [2.24, 2.45) is 23.7 Å². The van der Waals surface area contributed by atoms with Gasteiger partial charge in [0.05, 0.1) is 11.4 Å². The predicted octanol–water partition coefficient (Wildman–Crippen LogP) is 14.7. The molecule has 1 spiro atoms. The topological polar surface area (TPSA) is 12.5 Å². The van der Waals surface area contributed by atoms with Crippen molar-refractivity contribution in [2.45, 2.75) is 88.9 Å². The molecule has 1 heterocycles. The summed E-state index contributed by atoms with van der Waals surface area (Å²) in [6, 6.07) is 52.5. The van der Waals surface area contributed by atoms with Crippen LogP contribution in [0.3, 0.4) is 0 Å². The minimum Gasteiger partial charge on any atom is -0.457 e. The van der Waals surface area contributed by atoms with Crippen molar-refractivity contribution >= 4 is 17.1 Å². The summed E-state index contributed by atoms with van der Waals surface area (Å²) in [5.74, 6) is 5.32. The van der Waals surface area contributed by atoms with Gasteiger partial charge in [-0.15, -0.1) is 0 Å². The van der Waals surface area contributed by atoms with Crippen LogP contribution < -0.4 is 9.64 Å². The van der Waals surface area contributed by atoms with Crippen molar-refractivity contribution in [3.63, 3.8) is 0 Å². The molecule has 12 rings (SSSR count). The minimum absolute atomic E-state index is 0.0402. The van der Waals surface area contributed by atoms with Crippen LogP contribution in [-0.4, -0.2) is 0 Å². The van der Waals surface area contributed by atoms with Gasteiger partial charge >= 0.3 is 0 Å².